The first-order valence-corrected chi connectivity index (χ1v) is 6.69. The molecule has 2 heterocycles. The van der Waals surface area contributed by atoms with E-state index in [0.717, 1.165) is 25.2 Å². The van der Waals surface area contributed by atoms with E-state index in [-0.39, 0.29) is 11.6 Å². The summed E-state index contributed by atoms with van der Waals surface area (Å²) >= 11 is 0. The molecule has 2 rings (SSSR count). The molecule has 5 nitrogen and oxygen atoms in total. The minimum Gasteiger partial charge on any atom is -0.296 e. The van der Waals surface area contributed by atoms with Gasteiger partial charge in [0.25, 0.3) is 0 Å². The second-order valence-corrected chi connectivity index (χ2v) is 5.13. The Morgan fingerprint density at radius 2 is 2.17 bits per heavy atom. The molecule has 100 valence electrons. The van der Waals surface area contributed by atoms with Gasteiger partial charge in [0.2, 0.25) is 0 Å². The topological polar surface area (TPSA) is 67.1 Å². The number of hydrazine groups is 1. The lowest BCUT2D eigenvalue weighted by atomic mass is 9.86. The Morgan fingerprint density at radius 1 is 1.44 bits per heavy atom. The molecule has 0 amide bonds. The molecule has 0 saturated carbocycles. The van der Waals surface area contributed by atoms with Gasteiger partial charge in [0.05, 0.1) is 17.9 Å². The zero-order valence-electron chi connectivity index (χ0n) is 11.3. The summed E-state index contributed by atoms with van der Waals surface area (Å²) in [6, 6.07) is 0.00861. The Labute approximate surface area is 109 Å². The highest BCUT2D eigenvalue weighted by Crippen LogP contribution is 2.34. The van der Waals surface area contributed by atoms with Gasteiger partial charge in [-0.1, -0.05) is 6.92 Å². The van der Waals surface area contributed by atoms with Crippen LogP contribution >= 0.6 is 0 Å². The van der Waals surface area contributed by atoms with Crippen LogP contribution in [-0.4, -0.2) is 33.5 Å². The molecule has 0 spiro atoms. The normalized spacial score (nSPS) is 21.7. The van der Waals surface area contributed by atoms with Gasteiger partial charge in [-0.05, 0) is 39.3 Å². The summed E-state index contributed by atoms with van der Waals surface area (Å²) in [6.07, 6.45) is 8.78. The Balaban J connectivity index is 2.28. The van der Waals surface area contributed by atoms with Crippen molar-refractivity contribution in [2.45, 2.75) is 44.7 Å². The van der Waals surface area contributed by atoms with E-state index in [4.69, 9.17) is 5.84 Å². The van der Waals surface area contributed by atoms with Crippen LogP contribution in [0.5, 0.6) is 0 Å². The Morgan fingerprint density at radius 3 is 2.67 bits per heavy atom. The minimum atomic E-state index is -0.0126. The van der Waals surface area contributed by atoms with Crippen LogP contribution in [0.2, 0.25) is 0 Å². The fourth-order valence-electron chi connectivity index (χ4n) is 2.88. The van der Waals surface area contributed by atoms with E-state index in [1.165, 1.54) is 12.8 Å². The third-order valence-corrected chi connectivity index (χ3v) is 4.21. The van der Waals surface area contributed by atoms with Crippen LogP contribution in [0.1, 0.15) is 44.8 Å². The van der Waals surface area contributed by atoms with Gasteiger partial charge < -0.3 is 0 Å². The van der Waals surface area contributed by atoms with Crippen molar-refractivity contribution in [1.29, 1.82) is 0 Å². The lowest BCUT2D eigenvalue weighted by Crippen LogP contribution is -2.55. The average molecular weight is 249 g/mol. The fraction of sp³-hybridized carbons (Fsp3) is 0.692. The highest BCUT2D eigenvalue weighted by atomic mass is 15.3. The quantitative estimate of drug-likeness (QED) is 0.607. The Bertz CT molecular complexity index is 363. The molecule has 1 aromatic heterocycles. The van der Waals surface area contributed by atoms with Crippen LogP contribution in [0.15, 0.2) is 18.6 Å². The highest BCUT2D eigenvalue weighted by molar-refractivity contribution is 5.11. The fourth-order valence-corrected chi connectivity index (χ4v) is 2.88. The van der Waals surface area contributed by atoms with Crippen LogP contribution in [-0.2, 0) is 0 Å². The number of nitrogens with one attached hydrogen (secondary N) is 1. The van der Waals surface area contributed by atoms with Crippen LogP contribution < -0.4 is 11.3 Å². The molecule has 2 atom stereocenters. The van der Waals surface area contributed by atoms with Crippen LogP contribution in [0.25, 0.3) is 0 Å². The van der Waals surface area contributed by atoms with E-state index in [1.54, 1.807) is 18.6 Å². The maximum atomic E-state index is 5.79. The summed E-state index contributed by atoms with van der Waals surface area (Å²) in [5.74, 6) is 5.79. The molecule has 1 fully saturated rings. The summed E-state index contributed by atoms with van der Waals surface area (Å²) in [5, 5.41) is 0. The lowest BCUT2D eigenvalue weighted by molar-refractivity contribution is 0.0821. The highest BCUT2D eigenvalue weighted by Gasteiger charge is 2.40. The first kappa shape index (κ1) is 13.4. The van der Waals surface area contributed by atoms with E-state index in [2.05, 4.69) is 34.1 Å². The van der Waals surface area contributed by atoms with Crippen molar-refractivity contribution in [3.8, 4) is 0 Å². The van der Waals surface area contributed by atoms with Gasteiger partial charge in [-0.3, -0.25) is 20.7 Å². The minimum absolute atomic E-state index is 0.00861. The Hall–Kier alpha value is -1.04. The maximum absolute atomic E-state index is 5.79. The number of nitrogens with two attached hydrogens (primary N) is 1. The van der Waals surface area contributed by atoms with Gasteiger partial charge in [0.1, 0.15) is 0 Å². The molecule has 1 aliphatic heterocycles. The summed E-state index contributed by atoms with van der Waals surface area (Å²) in [5.41, 5.74) is 3.84. The summed E-state index contributed by atoms with van der Waals surface area (Å²) in [7, 11) is 0. The number of nitrogens with zero attached hydrogens (tertiary/aromatic N) is 3. The molecule has 18 heavy (non-hydrogen) atoms. The van der Waals surface area contributed by atoms with Gasteiger partial charge in [-0.25, -0.2) is 5.43 Å². The van der Waals surface area contributed by atoms with Crippen LogP contribution in [0.3, 0.4) is 0 Å². The van der Waals surface area contributed by atoms with Crippen molar-refractivity contribution < 1.29 is 0 Å². The van der Waals surface area contributed by atoms with Crippen molar-refractivity contribution in [2.24, 2.45) is 5.84 Å². The Kier molecular flexibility index (Phi) is 4.27. The summed E-state index contributed by atoms with van der Waals surface area (Å²) in [6.45, 7) is 6.75. The molecule has 2 unspecified atom stereocenters. The van der Waals surface area contributed by atoms with E-state index in [1.807, 2.05) is 0 Å². The smallest absolute Gasteiger partial charge is 0.0828 e. The van der Waals surface area contributed by atoms with E-state index in [9.17, 15) is 0 Å². The molecule has 1 aromatic rings. The third kappa shape index (κ3) is 2.39. The number of aromatic nitrogens is 2. The summed E-state index contributed by atoms with van der Waals surface area (Å²) in [4.78, 5) is 11.1. The predicted molar refractivity (Wildman–Crippen MR) is 71.6 cm³/mol. The van der Waals surface area contributed by atoms with Crippen molar-refractivity contribution in [2.75, 3.05) is 13.1 Å². The monoisotopic (exact) mass is 249 g/mol. The van der Waals surface area contributed by atoms with Gasteiger partial charge in [0, 0.05) is 17.9 Å². The van der Waals surface area contributed by atoms with Crippen LogP contribution in [0.4, 0.5) is 0 Å². The van der Waals surface area contributed by atoms with E-state index >= 15 is 0 Å². The molecule has 5 heteroatoms. The number of hydrogen-bond donors (Lipinski definition) is 2. The largest absolute Gasteiger partial charge is 0.296 e. The molecule has 0 aliphatic carbocycles. The first-order chi connectivity index (χ1) is 8.72. The molecule has 1 saturated heterocycles. The lowest BCUT2D eigenvalue weighted by Gasteiger charge is -2.43. The molecule has 1 aliphatic rings. The predicted octanol–water partition coefficient (Wildman–Crippen LogP) is 1.25. The number of likely N-dealkylation sites (tertiary alicyclic amines) is 1. The van der Waals surface area contributed by atoms with Crippen LogP contribution in [0, 0.1) is 0 Å². The van der Waals surface area contributed by atoms with Gasteiger partial charge in [0.15, 0.2) is 0 Å². The first-order valence-electron chi connectivity index (χ1n) is 6.69. The molecule has 3 N–H and O–H groups in total. The zero-order chi connectivity index (χ0) is 13.0. The molecular formula is C13H23N5. The standard InChI is InChI=1S/C13H23N5/c1-3-13(2,18-8-4-5-9-18)12(17-14)11-10-15-6-7-16-11/h6-7,10,12,17H,3-5,8-9,14H2,1-2H3. The average Bonchev–Trinajstić information content (AvgIpc) is 2.95. The van der Waals surface area contributed by atoms with Gasteiger partial charge >= 0.3 is 0 Å². The van der Waals surface area contributed by atoms with Crippen molar-refractivity contribution >= 4 is 0 Å². The SMILES string of the molecule is CCC(C)(C(NN)c1cnccn1)N1CCCC1. The molecule has 0 radical (unpaired) electrons. The number of hydrogen-bond acceptors (Lipinski definition) is 5. The van der Waals surface area contributed by atoms with Gasteiger partial charge in [-0.2, -0.15) is 0 Å². The van der Waals surface area contributed by atoms with E-state index < -0.39 is 0 Å². The maximum Gasteiger partial charge on any atom is 0.0828 e. The van der Waals surface area contributed by atoms with E-state index in [0.29, 0.717) is 0 Å². The van der Waals surface area contributed by atoms with Crippen molar-refractivity contribution in [3.63, 3.8) is 0 Å². The number of rotatable bonds is 5. The zero-order valence-corrected chi connectivity index (χ0v) is 11.3. The second kappa shape index (κ2) is 5.73. The summed E-state index contributed by atoms with van der Waals surface area (Å²) < 4.78 is 0. The van der Waals surface area contributed by atoms with Crippen molar-refractivity contribution in [3.05, 3.63) is 24.3 Å². The molecule has 0 aromatic carbocycles. The van der Waals surface area contributed by atoms with Gasteiger partial charge in [-0.15, -0.1) is 0 Å². The molecule has 0 bridgehead atoms. The molecular weight excluding hydrogens is 226 g/mol. The third-order valence-electron chi connectivity index (χ3n) is 4.21. The second-order valence-electron chi connectivity index (χ2n) is 5.13. The van der Waals surface area contributed by atoms with Crippen molar-refractivity contribution in [1.82, 2.24) is 20.3 Å².